The van der Waals surface area contributed by atoms with E-state index in [4.69, 9.17) is 80.5 Å². The first kappa shape index (κ1) is 72.0. The molecular formula is C70H78O23. The van der Waals surface area contributed by atoms with Crippen LogP contribution in [0.1, 0.15) is 92.8 Å². The summed E-state index contributed by atoms with van der Waals surface area (Å²) in [6.07, 6.45) is 8.83. The Morgan fingerprint density at radius 3 is 0.774 bits per heavy atom. The molecule has 0 aliphatic heterocycles. The molecule has 0 radical (unpaired) electrons. The van der Waals surface area contributed by atoms with E-state index in [1.165, 1.54) is 101 Å². The van der Waals surface area contributed by atoms with Gasteiger partial charge in [-0.15, -0.1) is 0 Å². The van der Waals surface area contributed by atoms with Crippen molar-refractivity contribution in [2.45, 2.75) is 51.4 Å². The number of ether oxygens (including phenoxy) is 17. The second-order valence-corrected chi connectivity index (χ2v) is 19.8. The lowest BCUT2D eigenvalue weighted by atomic mass is 10.2. The molecule has 0 amide bonds. The van der Waals surface area contributed by atoms with Gasteiger partial charge in [-0.05, 0) is 173 Å². The van der Waals surface area contributed by atoms with Gasteiger partial charge in [-0.1, -0.05) is 13.2 Å². The van der Waals surface area contributed by atoms with E-state index >= 15 is 0 Å². The Morgan fingerprint density at radius 1 is 0.290 bits per heavy atom. The molecule has 6 aromatic rings. The van der Waals surface area contributed by atoms with Crippen molar-refractivity contribution in [1.82, 2.24) is 0 Å². The second kappa shape index (κ2) is 40.6. The van der Waals surface area contributed by atoms with Crippen LogP contribution in [-0.4, -0.2) is 144 Å². The minimum absolute atomic E-state index is 0.195. The molecule has 0 aliphatic carbocycles. The number of rotatable bonds is 44. The van der Waals surface area contributed by atoms with Crippen molar-refractivity contribution >= 4 is 35.8 Å². The van der Waals surface area contributed by atoms with E-state index in [-0.39, 0.29) is 71.7 Å². The van der Waals surface area contributed by atoms with Gasteiger partial charge in [0, 0.05) is 12.2 Å². The first-order valence-electron chi connectivity index (χ1n) is 30.0. The Balaban J connectivity index is 0.794. The largest absolute Gasteiger partial charge is 0.493 e. The Kier molecular flexibility index (Phi) is 31.4. The third-order valence-corrected chi connectivity index (χ3v) is 13.2. The molecular weight excluding hydrogens is 1210 g/mol. The van der Waals surface area contributed by atoms with Gasteiger partial charge in [-0.2, -0.15) is 0 Å². The Morgan fingerprint density at radius 2 is 0.527 bits per heavy atom. The summed E-state index contributed by atoms with van der Waals surface area (Å²) in [6.45, 7) is 10.5. The summed E-state index contributed by atoms with van der Waals surface area (Å²) >= 11 is 0. The van der Waals surface area contributed by atoms with Crippen LogP contribution in [0, 0.1) is 0 Å². The molecule has 93 heavy (non-hydrogen) atoms. The molecule has 0 spiro atoms. The maximum absolute atomic E-state index is 13.1. The molecule has 0 atom stereocenters. The fourth-order valence-electron chi connectivity index (χ4n) is 8.38. The molecule has 0 fully saturated rings. The third kappa shape index (κ3) is 25.2. The molecule has 0 unspecified atom stereocenters. The van der Waals surface area contributed by atoms with Crippen molar-refractivity contribution in [1.29, 1.82) is 0 Å². The molecule has 23 nitrogen and oxygen atoms in total. The van der Waals surface area contributed by atoms with Crippen LogP contribution in [0.3, 0.4) is 0 Å². The minimum atomic E-state index is -0.650. The summed E-state index contributed by atoms with van der Waals surface area (Å²) in [5, 5.41) is 0. The highest BCUT2D eigenvalue weighted by Gasteiger charge is 2.19. The maximum Gasteiger partial charge on any atom is 0.343 e. The molecule has 23 heteroatoms. The van der Waals surface area contributed by atoms with Crippen molar-refractivity contribution in [2.24, 2.45) is 0 Å². The number of methoxy groups -OCH3 is 4. The number of hydrogen-bond acceptors (Lipinski definition) is 23. The zero-order valence-corrected chi connectivity index (χ0v) is 52.6. The van der Waals surface area contributed by atoms with Crippen LogP contribution < -0.4 is 56.8 Å². The molecule has 0 aliphatic rings. The van der Waals surface area contributed by atoms with Crippen molar-refractivity contribution < 1.29 is 109 Å². The first-order valence-corrected chi connectivity index (χ1v) is 30.0. The number of unbranched alkanes of at least 4 members (excludes halogenated alkanes) is 6. The standard InChI is InChI=1S/C70H78O23/c1-7-65(71)88-35-15-11-9-13-33-84-57-29-17-49(45-61(57)77-3)67(73)90-53-21-25-55(26-22-53)92-69(75)51-19-31-59(63(47-51)79-5)86-43-41-82-39-37-81-38-40-83-42-44-87-60-32-20-52(48-64(60)80-6)70(76)93-56-27-23-54(24-28-56)91-68(74)50-18-30-58(62(46-50)78-4)85-34-14-10-12-16-36-89-66(72)8-2/h7-8,17-32,45-48H,1-2,9-16,33-44H2,3-6H3. The van der Waals surface area contributed by atoms with E-state index in [9.17, 15) is 28.8 Å². The lowest BCUT2D eigenvalue weighted by molar-refractivity contribution is -0.138. The molecule has 6 aromatic carbocycles. The molecule has 0 bridgehead atoms. The zero-order chi connectivity index (χ0) is 66.4. The van der Waals surface area contributed by atoms with Gasteiger partial charge < -0.3 is 80.5 Å². The highest BCUT2D eigenvalue weighted by atomic mass is 16.6. The van der Waals surface area contributed by atoms with Crippen LogP contribution in [-0.2, 0) is 33.3 Å². The molecule has 0 aromatic heterocycles. The third-order valence-electron chi connectivity index (χ3n) is 13.2. The summed E-state index contributed by atoms with van der Waals surface area (Å²) in [4.78, 5) is 74.4. The number of hydrogen-bond donors (Lipinski definition) is 0. The maximum atomic E-state index is 13.1. The predicted molar refractivity (Wildman–Crippen MR) is 338 cm³/mol. The summed E-state index contributed by atoms with van der Waals surface area (Å²) < 4.78 is 94.3. The normalized spacial score (nSPS) is 10.6. The smallest absolute Gasteiger partial charge is 0.343 e. The average molecular weight is 1290 g/mol. The summed E-state index contributed by atoms with van der Waals surface area (Å²) in [5.74, 6) is 0.582. The van der Waals surface area contributed by atoms with Gasteiger partial charge in [0.2, 0.25) is 0 Å². The molecule has 6 rings (SSSR count). The van der Waals surface area contributed by atoms with Gasteiger partial charge in [-0.3, -0.25) is 0 Å². The molecule has 0 saturated heterocycles. The van der Waals surface area contributed by atoms with Gasteiger partial charge >= 0.3 is 35.8 Å². The van der Waals surface area contributed by atoms with E-state index in [0.29, 0.717) is 98.9 Å². The quantitative estimate of drug-likeness (QED) is 0.0149. The molecule has 0 heterocycles. The topological polar surface area (TPSA) is 259 Å². The number of benzene rings is 6. The van der Waals surface area contributed by atoms with Crippen molar-refractivity contribution in [3.8, 4) is 69.0 Å². The lowest BCUT2D eigenvalue weighted by Crippen LogP contribution is -2.14. The van der Waals surface area contributed by atoms with E-state index in [2.05, 4.69) is 13.2 Å². The lowest BCUT2D eigenvalue weighted by Gasteiger charge is -2.13. The minimum Gasteiger partial charge on any atom is -0.493 e. The van der Waals surface area contributed by atoms with E-state index in [0.717, 1.165) is 63.5 Å². The van der Waals surface area contributed by atoms with E-state index < -0.39 is 35.8 Å². The van der Waals surface area contributed by atoms with Gasteiger partial charge in [0.1, 0.15) is 36.2 Å². The Labute approximate surface area is 540 Å². The van der Waals surface area contributed by atoms with Crippen molar-refractivity contribution in [2.75, 3.05) is 108 Å². The Bertz CT molecular complexity index is 3140. The van der Waals surface area contributed by atoms with Crippen LogP contribution in [0.2, 0.25) is 0 Å². The van der Waals surface area contributed by atoms with Gasteiger partial charge in [0.15, 0.2) is 46.0 Å². The number of carbonyl (C=O) groups is 6. The molecule has 0 N–H and O–H groups in total. The molecule has 496 valence electrons. The summed E-state index contributed by atoms with van der Waals surface area (Å²) in [7, 11) is 5.86. The van der Waals surface area contributed by atoms with Crippen LogP contribution in [0.4, 0.5) is 0 Å². The van der Waals surface area contributed by atoms with E-state index in [1.807, 2.05) is 0 Å². The van der Waals surface area contributed by atoms with Crippen molar-refractivity contribution in [3.63, 3.8) is 0 Å². The van der Waals surface area contributed by atoms with Gasteiger partial charge in [-0.25, -0.2) is 28.8 Å². The van der Waals surface area contributed by atoms with Crippen LogP contribution >= 0.6 is 0 Å². The predicted octanol–water partition coefficient (Wildman–Crippen LogP) is 11.4. The van der Waals surface area contributed by atoms with Crippen LogP contribution in [0.15, 0.2) is 147 Å². The highest BCUT2D eigenvalue weighted by molar-refractivity contribution is 5.94. The zero-order valence-electron chi connectivity index (χ0n) is 52.6. The first-order chi connectivity index (χ1) is 45.3. The average Bonchev–Trinajstić information content (AvgIpc) is 1.06. The molecule has 0 saturated carbocycles. The SMILES string of the molecule is C=CC(=O)OCCCCCCOc1ccc(C(=O)Oc2ccc(OC(=O)c3ccc(OCCOCCOCCOCCOc4ccc(C(=O)Oc5ccc(OC(=O)c6ccc(OCCCCCCOC(=O)C=C)c(OC)c6)cc5)cc4OC)c(OC)c3)cc2)cc1OC. The fraction of sp³-hybridized carbons (Fsp3) is 0.343. The second-order valence-electron chi connectivity index (χ2n) is 19.8. The number of esters is 6. The monoisotopic (exact) mass is 1290 g/mol. The van der Waals surface area contributed by atoms with Gasteiger partial charge in [0.25, 0.3) is 0 Å². The fourth-order valence-corrected chi connectivity index (χ4v) is 8.38. The van der Waals surface area contributed by atoms with Crippen LogP contribution in [0.5, 0.6) is 69.0 Å². The van der Waals surface area contributed by atoms with Gasteiger partial charge in [0.05, 0.1) is 117 Å². The van der Waals surface area contributed by atoms with Crippen LogP contribution in [0.25, 0.3) is 0 Å². The van der Waals surface area contributed by atoms with Crippen molar-refractivity contribution in [3.05, 3.63) is 169 Å². The van der Waals surface area contributed by atoms with E-state index in [1.54, 1.807) is 48.5 Å². The highest BCUT2D eigenvalue weighted by Crippen LogP contribution is 2.33. The summed E-state index contributed by atoms with van der Waals surface area (Å²) in [6, 6.07) is 30.8. The summed E-state index contributed by atoms with van der Waals surface area (Å²) in [5.41, 5.74) is 0.902. The Hall–Kier alpha value is -10.1. The number of carbonyl (C=O) groups excluding carboxylic acids is 6.